The van der Waals surface area contributed by atoms with Crippen molar-refractivity contribution >= 4 is 28.7 Å². The Balaban J connectivity index is 2.22. The third-order valence-electron chi connectivity index (χ3n) is 1.91. The molecule has 0 radical (unpaired) electrons. The van der Waals surface area contributed by atoms with Crippen molar-refractivity contribution in [1.82, 2.24) is 4.90 Å². The maximum atomic E-state index is 11.0. The van der Waals surface area contributed by atoms with Crippen LogP contribution in [0.1, 0.15) is 19.3 Å². The van der Waals surface area contributed by atoms with Gasteiger partial charge in [0.05, 0.1) is 0 Å². The van der Waals surface area contributed by atoms with E-state index in [-0.39, 0.29) is 23.5 Å². The number of carbonyl (C=O) groups is 3. The lowest BCUT2D eigenvalue weighted by Gasteiger charge is -2.12. The Morgan fingerprint density at radius 1 is 1.21 bits per heavy atom. The molecule has 0 saturated carbocycles. The van der Waals surface area contributed by atoms with Gasteiger partial charge in [-0.05, 0) is 24.4 Å². The monoisotopic (exact) mass is 215 g/mol. The quantitative estimate of drug-likeness (QED) is 0.388. The van der Waals surface area contributed by atoms with E-state index in [1.165, 1.54) is 12.2 Å². The topological polar surface area (TPSA) is 54.5 Å². The molecule has 4 nitrogen and oxygen atoms in total. The minimum Gasteiger partial charge on any atom is -0.281 e. The van der Waals surface area contributed by atoms with Gasteiger partial charge in [0.15, 0.2) is 0 Å². The fraction of sp³-hybridized carbons (Fsp3) is 0.444. The molecule has 0 aromatic heterocycles. The van der Waals surface area contributed by atoms with E-state index in [1.54, 1.807) is 0 Å². The van der Waals surface area contributed by atoms with E-state index in [9.17, 15) is 14.4 Å². The number of carbonyl (C=O) groups excluding carboxylic acids is 3. The molecule has 0 fully saturated rings. The summed E-state index contributed by atoms with van der Waals surface area (Å²) in [5, 5.41) is -0.387. The Morgan fingerprint density at radius 3 is 2.29 bits per heavy atom. The van der Waals surface area contributed by atoms with E-state index in [1.807, 2.05) is 0 Å². The van der Waals surface area contributed by atoms with Gasteiger partial charge < -0.3 is 0 Å². The van der Waals surface area contributed by atoms with E-state index in [4.69, 9.17) is 11.6 Å². The van der Waals surface area contributed by atoms with Crippen LogP contribution in [0.25, 0.3) is 0 Å². The molecule has 0 aromatic rings. The van der Waals surface area contributed by atoms with Crippen molar-refractivity contribution in [3.8, 4) is 0 Å². The summed E-state index contributed by atoms with van der Waals surface area (Å²) in [6.45, 7) is 0.356. The average Bonchev–Trinajstić information content (AvgIpc) is 2.42. The zero-order valence-corrected chi connectivity index (χ0v) is 8.29. The highest BCUT2D eigenvalue weighted by Crippen LogP contribution is 2.07. The molecule has 1 aliphatic rings. The maximum Gasteiger partial charge on any atom is 0.253 e. The van der Waals surface area contributed by atoms with Gasteiger partial charge in [0.25, 0.3) is 11.8 Å². The SMILES string of the molecule is O=C(Cl)CCCCN1C(=O)C=CC1=O. The molecular formula is C9H10ClNO3. The van der Waals surface area contributed by atoms with Gasteiger partial charge in [-0.15, -0.1) is 0 Å². The van der Waals surface area contributed by atoms with Gasteiger partial charge in [-0.2, -0.15) is 0 Å². The van der Waals surface area contributed by atoms with Crippen LogP contribution in [0.3, 0.4) is 0 Å². The van der Waals surface area contributed by atoms with Crippen LogP contribution in [0.4, 0.5) is 0 Å². The lowest BCUT2D eigenvalue weighted by Crippen LogP contribution is -2.30. The normalized spacial score (nSPS) is 15.4. The highest BCUT2D eigenvalue weighted by atomic mass is 35.5. The summed E-state index contributed by atoms with van der Waals surface area (Å²) in [6, 6.07) is 0. The van der Waals surface area contributed by atoms with Crippen molar-refractivity contribution in [1.29, 1.82) is 0 Å². The minimum atomic E-state index is -0.387. The summed E-state index contributed by atoms with van der Waals surface area (Å²) in [5.74, 6) is -0.570. The fourth-order valence-electron chi connectivity index (χ4n) is 1.19. The Labute approximate surface area is 86.5 Å². The molecule has 14 heavy (non-hydrogen) atoms. The van der Waals surface area contributed by atoms with Crippen LogP contribution in [-0.4, -0.2) is 28.5 Å². The molecule has 0 N–H and O–H groups in total. The first-order chi connectivity index (χ1) is 6.61. The molecule has 1 aliphatic heterocycles. The standard InChI is InChI=1S/C9H10ClNO3/c10-7(12)3-1-2-6-11-8(13)4-5-9(11)14/h4-5H,1-3,6H2. The summed E-state index contributed by atoms with van der Waals surface area (Å²) >= 11 is 5.13. The van der Waals surface area contributed by atoms with E-state index in [0.29, 0.717) is 19.4 Å². The fourth-order valence-corrected chi connectivity index (χ4v) is 1.32. The molecule has 0 saturated heterocycles. The molecule has 5 heteroatoms. The Kier molecular flexibility index (Phi) is 3.83. The van der Waals surface area contributed by atoms with Gasteiger partial charge in [0.1, 0.15) is 0 Å². The van der Waals surface area contributed by atoms with Gasteiger partial charge in [-0.3, -0.25) is 19.3 Å². The van der Waals surface area contributed by atoms with Crippen molar-refractivity contribution in [2.75, 3.05) is 6.54 Å². The summed E-state index contributed by atoms with van der Waals surface area (Å²) in [4.78, 5) is 33.6. The molecule has 2 amide bonds. The molecule has 76 valence electrons. The van der Waals surface area contributed by atoms with Crippen molar-refractivity contribution in [3.05, 3.63) is 12.2 Å². The van der Waals surface area contributed by atoms with Crippen LogP contribution >= 0.6 is 11.6 Å². The molecule has 1 rings (SSSR count). The van der Waals surface area contributed by atoms with Crippen LogP contribution < -0.4 is 0 Å². The lowest BCUT2D eigenvalue weighted by atomic mass is 10.2. The predicted octanol–water partition coefficient (Wildman–Crippen LogP) is 0.847. The minimum absolute atomic E-state index is 0.283. The molecule has 1 heterocycles. The summed E-state index contributed by atoms with van der Waals surface area (Å²) in [5.41, 5.74) is 0. The Morgan fingerprint density at radius 2 is 1.79 bits per heavy atom. The molecule has 0 aliphatic carbocycles. The van der Waals surface area contributed by atoms with E-state index >= 15 is 0 Å². The van der Waals surface area contributed by atoms with Crippen LogP contribution in [-0.2, 0) is 14.4 Å². The third-order valence-corrected chi connectivity index (χ3v) is 2.09. The van der Waals surface area contributed by atoms with Gasteiger partial charge in [0, 0.05) is 25.1 Å². The molecule has 0 aromatic carbocycles. The predicted molar refractivity (Wildman–Crippen MR) is 50.6 cm³/mol. The Bertz CT molecular complexity index is 280. The van der Waals surface area contributed by atoms with Crippen LogP contribution in [0.15, 0.2) is 12.2 Å². The third kappa shape index (κ3) is 2.96. The number of halogens is 1. The number of hydrogen-bond acceptors (Lipinski definition) is 3. The highest BCUT2D eigenvalue weighted by molar-refractivity contribution is 6.63. The van der Waals surface area contributed by atoms with E-state index < -0.39 is 0 Å². The first-order valence-corrected chi connectivity index (χ1v) is 4.71. The summed E-state index contributed by atoms with van der Waals surface area (Å²) < 4.78 is 0. The zero-order valence-electron chi connectivity index (χ0n) is 7.53. The average molecular weight is 216 g/mol. The number of unbranched alkanes of at least 4 members (excludes halogenated alkanes) is 1. The van der Waals surface area contributed by atoms with E-state index in [2.05, 4.69) is 0 Å². The van der Waals surface area contributed by atoms with Gasteiger partial charge >= 0.3 is 0 Å². The van der Waals surface area contributed by atoms with Crippen LogP contribution in [0.2, 0.25) is 0 Å². The van der Waals surface area contributed by atoms with E-state index in [0.717, 1.165) is 4.90 Å². The number of amides is 2. The van der Waals surface area contributed by atoms with Crippen molar-refractivity contribution in [3.63, 3.8) is 0 Å². The van der Waals surface area contributed by atoms with Crippen LogP contribution in [0.5, 0.6) is 0 Å². The Hall–Kier alpha value is -1.16. The van der Waals surface area contributed by atoms with Gasteiger partial charge in [-0.25, -0.2) is 0 Å². The summed E-state index contributed by atoms with van der Waals surface area (Å²) in [7, 11) is 0. The first-order valence-electron chi connectivity index (χ1n) is 4.33. The molecule has 0 atom stereocenters. The van der Waals surface area contributed by atoms with Crippen molar-refractivity contribution < 1.29 is 14.4 Å². The summed E-state index contributed by atoms with van der Waals surface area (Å²) in [6.07, 6.45) is 3.98. The van der Waals surface area contributed by atoms with Gasteiger partial charge in [-0.1, -0.05) is 0 Å². The van der Waals surface area contributed by atoms with Crippen molar-refractivity contribution in [2.24, 2.45) is 0 Å². The second-order valence-corrected chi connectivity index (χ2v) is 3.40. The zero-order chi connectivity index (χ0) is 10.6. The highest BCUT2D eigenvalue weighted by Gasteiger charge is 2.22. The second kappa shape index (κ2) is 4.91. The van der Waals surface area contributed by atoms with Crippen molar-refractivity contribution in [2.45, 2.75) is 19.3 Å². The second-order valence-electron chi connectivity index (χ2n) is 2.97. The number of nitrogens with zero attached hydrogens (tertiary/aromatic N) is 1. The maximum absolute atomic E-state index is 11.0. The van der Waals surface area contributed by atoms with Crippen LogP contribution in [0, 0.1) is 0 Å². The molecular weight excluding hydrogens is 206 g/mol. The number of imide groups is 1. The number of rotatable bonds is 5. The van der Waals surface area contributed by atoms with Gasteiger partial charge in [0.2, 0.25) is 5.24 Å². The first kappa shape index (κ1) is 10.9. The number of hydrogen-bond donors (Lipinski definition) is 0. The molecule has 0 spiro atoms. The largest absolute Gasteiger partial charge is 0.281 e. The molecule has 0 unspecified atom stereocenters. The molecule has 0 bridgehead atoms. The smallest absolute Gasteiger partial charge is 0.253 e. The lowest BCUT2D eigenvalue weighted by molar-refractivity contribution is -0.136.